The van der Waals surface area contributed by atoms with E-state index in [1.165, 1.54) is 0 Å². The number of hydrogen-bond acceptors (Lipinski definition) is 2. The summed E-state index contributed by atoms with van der Waals surface area (Å²) in [5, 5.41) is 6.20. The molecule has 0 spiro atoms. The molecule has 1 amide bonds. The van der Waals surface area contributed by atoms with Crippen LogP contribution in [-0.2, 0) is 4.79 Å². The molecular weight excluding hydrogens is 260 g/mol. The summed E-state index contributed by atoms with van der Waals surface area (Å²) in [6.45, 7) is 6.63. The number of likely N-dealkylation sites (N-methyl/N-ethyl adjacent to an activating group) is 1. The van der Waals surface area contributed by atoms with E-state index in [-0.39, 0.29) is 24.2 Å². The Balaban J connectivity index is 0.00000324. The van der Waals surface area contributed by atoms with Crippen molar-refractivity contribution >= 4 is 18.3 Å². The van der Waals surface area contributed by atoms with Crippen LogP contribution in [0.1, 0.15) is 38.2 Å². The van der Waals surface area contributed by atoms with Crippen molar-refractivity contribution in [2.24, 2.45) is 0 Å². The number of benzene rings is 1. The number of halogens is 1. The zero-order chi connectivity index (χ0) is 13.2. The lowest BCUT2D eigenvalue weighted by atomic mass is 9.94. The first kappa shape index (κ1) is 17.9. The van der Waals surface area contributed by atoms with Crippen molar-refractivity contribution in [3.63, 3.8) is 0 Å². The Kier molecular flexibility index (Phi) is 10.2. The molecular formula is C15H25ClN2O. The quantitative estimate of drug-likeness (QED) is 0.721. The molecule has 3 nitrogen and oxygen atoms in total. The van der Waals surface area contributed by atoms with Gasteiger partial charge in [0.2, 0.25) is 5.91 Å². The Hall–Kier alpha value is -1.06. The summed E-state index contributed by atoms with van der Waals surface area (Å²) in [5.41, 5.74) is 1.11. The highest BCUT2D eigenvalue weighted by atomic mass is 35.5. The van der Waals surface area contributed by atoms with Crippen LogP contribution in [-0.4, -0.2) is 25.5 Å². The Morgan fingerprint density at radius 3 is 2.42 bits per heavy atom. The fourth-order valence-corrected chi connectivity index (χ4v) is 2.00. The lowest BCUT2D eigenvalue weighted by Gasteiger charge is -2.16. The molecule has 108 valence electrons. The average molecular weight is 285 g/mol. The minimum atomic E-state index is -0.0159. The summed E-state index contributed by atoms with van der Waals surface area (Å²) in [7, 11) is 0. The van der Waals surface area contributed by atoms with E-state index >= 15 is 0 Å². The molecule has 1 aromatic carbocycles. The monoisotopic (exact) mass is 284 g/mol. The van der Waals surface area contributed by atoms with E-state index in [9.17, 15) is 4.79 Å². The molecule has 1 atom stereocenters. The lowest BCUT2D eigenvalue weighted by Crippen LogP contribution is -2.35. The number of amides is 1. The Bertz CT molecular complexity index is 343. The van der Waals surface area contributed by atoms with E-state index in [1.54, 1.807) is 0 Å². The van der Waals surface area contributed by atoms with Crippen LogP contribution in [0.15, 0.2) is 30.3 Å². The van der Waals surface area contributed by atoms with Gasteiger partial charge in [0.05, 0.1) is 5.92 Å². The van der Waals surface area contributed by atoms with Crippen molar-refractivity contribution in [1.82, 2.24) is 10.6 Å². The first-order valence-corrected chi connectivity index (χ1v) is 6.83. The number of rotatable bonds is 8. The summed E-state index contributed by atoms with van der Waals surface area (Å²) in [6, 6.07) is 10.0. The summed E-state index contributed by atoms with van der Waals surface area (Å²) >= 11 is 0. The summed E-state index contributed by atoms with van der Waals surface area (Å²) in [5.74, 6) is 0.124. The third kappa shape index (κ3) is 6.60. The second-order valence-corrected chi connectivity index (χ2v) is 4.40. The molecule has 0 saturated heterocycles. The van der Waals surface area contributed by atoms with Gasteiger partial charge in [-0.1, -0.05) is 50.6 Å². The maximum Gasteiger partial charge on any atom is 0.227 e. The van der Waals surface area contributed by atoms with Crippen LogP contribution < -0.4 is 10.6 Å². The van der Waals surface area contributed by atoms with Crippen molar-refractivity contribution in [1.29, 1.82) is 0 Å². The molecule has 0 radical (unpaired) electrons. The third-order valence-corrected chi connectivity index (χ3v) is 2.95. The van der Waals surface area contributed by atoms with Crippen molar-refractivity contribution in [2.45, 2.75) is 32.6 Å². The average Bonchev–Trinajstić information content (AvgIpc) is 2.41. The third-order valence-electron chi connectivity index (χ3n) is 2.95. The highest BCUT2D eigenvalue weighted by Gasteiger charge is 2.18. The predicted molar refractivity (Wildman–Crippen MR) is 82.9 cm³/mol. The zero-order valence-corrected chi connectivity index (χ0v) is 12.6. The smallest absolute Gasteiger partial charge is 0.227 e. The first-order valence-electron chi connectivity index (χ1n) is 6.83. The van der Waals surface area contributed by atoms with E-state index in [0.717, 1.165) is 31.5 Å². The maximum atomic E-state index is 12.2. The van der Waals surface area contributed by atoms with Gasteiger partial charge in [0.15, 0.2) is 0 Å². The van der Waals surface area contributed by atoms with Crippen molar-refractivity contribution in [3.05, 3.63) is 35.9 Å². The molecule has 0 saturated carbocycles. The van der Waals surface area contributed by atoms with E-state index in [2.05, 4.69) is 24.5 Å². The van der Waals surface area contributed by atoms with Gasteiger partial charge in [-0.2, -0.15) is 0 Å². The van der Waals surface area contributed by atoms with E-state index in [0.29, 0.717) is 6.54 Å². The standard InChI is InChI=1S/C15H24N2O.ClH/c1-3-8-14(13-9-6-5-7-10-13)15(18)17-12-11-16-4-2;/h5-7,9-10,14,16H,3-4,8,11-12H2,1-2H3,(H,17,18);1H. The second-order valence-electron chi connectivity index (χ2n) is 4.40. The molecule has 2 N–H and O–H groups in total. The molecule has 19 heavy (non-hydrogen) atoms. The van der Waals surface area contributed by atoms with Gasteiger partial charge in [0.25, 0.3) is 0 Å². The van der Waals surface area contributed by atoms with Crippen molar-refractivity contribution in [2.75, 3.05) is 19.6 Å². The van der Waals surface area contributed by atoms with Gasteiger partial charge < -0.3 is 10.6 Å². The molecule has 0 heterocycles. The highest BCUT2D eigenvalue weighted by molar-refractivity contribution is 5.85. The SMILES string of the molecule is CCCC(C(=O)NCCNCC)c1ccccc1.Cl. The van der Waals surface area contributed by atoms with Gasteiger partial charge in [-0.3, -0.25) is 4.79 Å². The highest BCUT2D eigenvalue weighted by Crippen LogP contribution is 2.20. The van der Waals surface area contributed by atoms with Gasteiger partial charge in [-0.15, -0.1) is 12.4 Å². The first-order chi connectivity index (χ1) is 8.79. The van der Waals surface area contributed by atoms with Gasteiger partial charge >= 0.3 is 0 Å². The van der Waals surface area contributed by atoms with E-state index in [4.69, 9.17) is 0 Å². The van der Waals surface area contributed by atoms with Crippen LogP contribution in [0, 0.1) is 0 Å². The number of carbonyl (C=O) groups is 1. The Morgan fingerprint density at radius 1 is 1.16 bits per heavy atom. The van der Waals surface area contributed by atoms with Gasteiger partial charge in [-0.05, 0) is 18.5 Å². The minimum Gasteiger partial charge on any atom is -0.354 e. The van der Waals surface area contributed by atoms with E-state index in [1.807, 2.05) is 30.3 Å². The zero-order valence-electron chi connectivity index (χ0n) is 11.8. The molecule has 1 unspecified atom stereocenters. The van der Waals surface area contributed by atoms with Crippen LogP contribution in [0.4, 0.5) is 0 Å². The van der Waals surface area contributed by atoms with Gasteiger partial charge in [-0.25, -0.2) is 0 Å². The number of hydrogen-bond donors (Lipinski definition) is 2. The molecule has 4 heteroatoms. The molecule has 0 bridgehead atoms. The number of nitrogens with one attached hydrogen (secondary N) is 2. The van der Waals surface area contributed by atoms with Crippen LogP contribution >= 0.6 is 12.4 Å². The van der Waals surface area contributed by atoms with Crippen LogP contribution in [0.5, 0.6) is 0 Å². The molecule has 0 aliphatic rings. The molecule has 0 aromatic heterocycles. The predicted octanol–water partition coefficient (Wildman–Crippen LogP) is 2.72. The second kappa shape index (κ2) is 10.8. The van der Waals surface area contributed by atoms with Gasteiger partial charge in [0, 0.05) is 13.1 Å². The fraction of sp³-hybridized carbons (Fsp3) is 0.533. The lowest BCUT2D eigenvalue weighted by molar-refractivity contribution is -0.122. The van der Waals surface area contributed by atoms with Crippen LogP contribution in [0.3, 0.4) is 0 Å². The summed E-state index contributed by atoms with van der Waals surface area (Å²) in [4.78, 5) is 12.2. The van der Waals surface area contributed by atoms with Crippen molar-refractivity contribution < 1.29 is 4.79 Å². The van der Waals surface area contributed by atoms with Crippen LogP contribution in [0.2, 0.25) is 0 Å². The molecule has 1 aromatic rings. The summed E-state index contributed by atoms with van der Waals surface area (Å²) < 4.78 is 0. The topological polar surface area (TPSA) is 41.1 Å². The van der Waals surface area contributed by atoms with Crippen molar-refractivity contribution in [3.8, 4) is 0 Å². The maximum absolute atomic E-state index is 12.2. The van der Waals surface area contributed by atoms with E-state index < -0.39 is 0 Å². The summed E-state index contributed by atoms with van der Waals surface area (Å²) in [6.07, 6.45) is 1.91. The van der Waals surface area contributed by atoms with Gasteiger partial charge in [0.1, 0.15) is 0 Å². The molecule has 0 aliphatic heterocycles. The fourth-order valence-electron chi connectivity index (χ4n) is 2.00. The normalized spacial score (nSPS) is 11.5. The largest absolute Gasteiger partial charge is 0.354 e. The molecule has 1 rings (SSSR count). The Morgan fingerprint density at radius 2 is 1.84 bits per heavy atom. The molecule has 0 aliphatic carbocycles. The van der Waals surface area contributed by atoms with Crippen LogP contribution in [0.25, 0.3) is 0 Å². The number of carbonyl (C=O) groups excluding carboxylic acids is 1. The molecule has 0 fully saturated rings. The Labute approximate surface area is 122 Å². The minimum absolute atomic E-state index is 0.